The fourth-order valence-corrected chi connectivity index (χ4v) is 4.99. The number of benzene rings is 2. The Morgan fingerprint density at radius 2 is 1.81 bits per heavy atom. The summed E-state index contributed by atoms with van der Waals surface area (Å²) in [6.07, 6.45) is 2.50. The van der Waals surface area contributed by atoms with Crippen LogP contribution in [0.4, 0.5) is 0 Å². The molecular formula is C23H29NO2S. The molecule has 0 aromatic heterocycles. The predicted octanol–water partition coefficient (Wildman–Crippen LogP) is 5.48. The Kier molecular flexibility index (Phi) is 5.76. The Morgan fingerprint density at radius 1 is 1.07 bits per heavy atom. The van der Waals surface area contributed by atoms with Gasteiger partial charge in [0.05, 0.1) is 19.8 Å². The summed E-state index contributed by atoms with van der Waals surface area (Å²) in [4.78, 5) is 0. The summed E-state index contributed by atoms with van der Waals surface area (Å²) >= 11 is 2.00. The molecule has 2 fully saturated rings. The van der Waals surface area contributed by atoms with Gasteiger partial charge in [0.25, 0.3) is 0 Å². The predicted molar refractivity (Wildman–Crippen MR) is 112 cm³/mol. The molecule has 2 heterocycles. The Hall–Kier alpha value is -1.49. The van der Waals surface area contributed by atoms with E-state index in [0.29, 0.717) is 11.3 Å². The summed E-state index contributed by atoms with van der Waals surface area (Å²) in [6, 6.07) is 20.1. The van der Waals surface area contributed by atoms with E-state index in [1.54, 1.807) is 0 Å². The maximum absolute atomic E-state index is 5.96. The van der Waals surface area contributed by atoms with Crippen molar-refractivity contribution in [2.75, 3.05) is 19.8 Å². The summed E-state index contributed by atoms with van der Waals surface area (Å²) in [5.74, 6) is 0.952. The van der Waals surface area contributed by atoms with E-state index in [1.165, 1.54) is 24.0 Å². The van der Waals surface area contributed by atoms with E-state index in [0.717, 1.165) is 32.1 Å². The first-order chi connectivity index (χ1) is 13.1. The zero-order chi connectivity index (χ0) is 18.7. The van der Waals surface area contributed by atoms with E-state index in [9.17, 15) is 0 Å². The molecule has 1 unspecified atom stereocenters. The maximum Gasteiger partial charge on any atom is 0.119 e. The standard InChI is InChI=1S/C23H29NO2S/c1-18-8-13-22(20-6-4-3-5-7-20)27-24(18)14-19-9-11-21(12-10-19)26-17-23(2)15-25-16-23/h3-7,9-12,18,22H,8,13-17H2,1-2H3/t18-,22?/m0/s1. The van der Waals surface area contributed by atoms with Crippen molar-refractivity contribution in [3.05, 3.63) is 65.7 Å². The molecule has 0 N–H and O–H groups in total. The van der Waals surface area contributed by atoms with E-state index in [-0.39, 0.29) is 5.41 Å². The molecule has 2 aliphatic rings. The SMILES string of the molecule is C[C@H]1CCC(c2ccccc2)SN1Cc1ccc(OCC2(C)COC2)cc1. The van der Waals surface area contributed by atoms with Crippen molar-refractivity contribution in [2.45, 2.75) is 44.5 Å². The van der Waals surface area contributed by atoms with Crippen LogP contribution in [0.2, 0.25) is 0 Å². The minimum absolute atomic E-state index is 0.186. The van der Waals surface area contributed by atoms with Crippen LogP contribution < -0.4 is 4.74 Å². The smallest absolute Gasteiger partial charge is 0.119 e. The molecule has 4 heteroatoms. The van der Waals surface area contributed by atoms with Crippen LogP contribution in [-0.4, -0.2) is 30.2 Å². The fraction of sp³-hybridized carbons (Fsp3) is 0.478. The third-order valence-electron chi connectivity index (χ3n) is 5.52. The summed E-state index contributed by atoms with van der Waals surface area (Å²) in [7, 11) is 0. The first kappa shape index (κ1) is 18.9. The van der Waals surface area contributed by atoms with Crippen molar-refractivity contribution in [1.82, 2.24) is 4.31 Å². The molecule has 0 bridgehead atoms. The van der Waals surface area contributed by atoms with Crippen molar-refractivity contribution < 1.29 is 9.47 Å². The fourth-order valence-electron chi connectivity index (χ4n) is 3.61. The van der Waals surface area contributed by atoms with Crippen molar-refractivity contribution in [3.63, 3.8) is 0 Å². The minimum atomic E-state index is 0.186. The van der Waals surface area contributed by atoms with Crippen LogP contribution in [-0.2, 0) is 11.3 Å². The normalized spacial score (nSPS) is 25.0. The van der Waals surface area contributed by atoms with Crippen LogP contribution >= 0.6 is 11.9 Å². The van der Waals surface area contributed by atoms with Crippen molar-refractivity contribution >= 4 is 11.9 Å². The molecule has 2 atom stereocenters. The first-order valence-electron chi connectivity index (χ1n) is 9.89. The Balaban J connectivity index is 1.34. The Labute approximate surface area is 167 Å². The van der Waals surface area contributed by atoms with Crippen LogP contribution in [0.3, 0.4) is 0 Å². The highest BCUT2D eigenvalue weighted by atomic mass is 32.2. The number of nitrogens with zero attached hydrogens (tertiary/aromatic N) is 1. The summed E-state index contributed by atoms with van der Waals surface area (Å²) in [6.45, 7) is 7.86. The highest BCUT2D eigenvalue weighted by Crippen LogP contribution is 2.43. The molecule has 0 spiro atoms. The summed E-state index contributed by atoms with van der Waals surface area (Å²) < 4.78 is 13.8. The molecular weight excluding hydrogens is 354 g/mol. The molecule has 27 heavy (non-hydrogen) atoms. The van der Waals surface area contributed by atoms with Gasteiger partial charge in [0.15, 0.2) is 0 Å². The van der Waals surface area contributed by atoms with Crippen LogP contribution in [0.5, 0.6) is 5.75 Å². The van der Waals surface area contributed by atoms with Gasteiger partial charge in [-0.25, -0.2) is 4.31 Å². The lowest BCUT2D eigenvalue weighted by molar-refractivity contribution is -0.120. The Morgan fingerprint density at radius 3 is 2.48 bits per heavy atom. The Bertz CT molecular complexity index is 730. The second-order valence-corrected chi connectivity index (χ2v) is 9.49. The second-order valence-electron chi connectivity index (χ2n) is 8.24. The highest BCUT2D eigenvalue weighted by molar-refractivity contribution is 7.97. The van der Waals surface area contributed by atoms with Gasteiger partial charge in [0, 0.05) is 23.3 Å². The van der Waals surface area contributed by atoms with E-state index < -0.39 is 0 Å². The molecule has 2 saturated heterocycles. The van der Waals surface area contributed by atoms with Crippen molar-refractivity contribution in [3.8, 4) is 5.75 Å². The summed E-state index contributed by atoms with van der Waals surface area (Å²) in [5.41, 5.74) is 2.97. The molecule has 2 aromatic carbocycles. The number of hydrogen-bond donors (Lipinski definition) is 0. The molecule has 2 aromatic rings. The average molecular weight is 384 g/mol. The molecule has 3 nitrogen and oxygen atoms in total. The van der Waals surface area contributed by atoms with Gasteiger partial charge in [-0.3, -0.25) is 0 Å². The lowest BCUT2D eigenvalue weighted by atomic mass is 9.90. The first-order valence-corrected chi connectivity index (χ1v) is 10.7. The van der Waals surface area contributed by atoms with Gasteiger partial charge in [-0.2, -0.15) is 0 Å². The van der Waals surface area contributed by atoms with Crippen LogP contribution in [0.1, 0.15) is 43.1 Å². The monoisotopic (exact) mass is 383 g/mol. The molecule has 0 saturated carbocycles. The van der Waals surface area contributed by atoms with Gasteiger partial charge in [-0.1, -0.05) is 61.3 Å². The number of ether oxygens (including phenoxy) is 2. The molecule has 144 valence electrons. The second kappa shape index (κ2) is 8.26. The molecule has 0 amide bonds. The van der Waals surface area contributed by atoms with Gasteiger partial charge < -0.3 is 9.47 Å². The maximum atomic E-state index is 5.96. The van der Waals surface area contributed by atoms with Gasteiger partial charge >= 0.3 is 0 Å². The average Bonchev–Trinajstić information content (AvgIpc) is 2.68. The van der Waals surface area contributed by atoms with E-state index in [2.05, 4.69) is 72.7 Å². The van der Waals surface area contributed by atoms with E-state index >= 15 is 0 Å². The van der Waals surface area contributed by atoms with Gasteiger partial charge in [-0.05, 0) is 43.0 Å². The lowest BCUT2D eigenvalue weighted by Gasteiger charge is -2.37. The third kappa shape index (κ3) is 4.68. The number of hydrogen-bond acceptors (Lipinski definition) is 4. The van der Waals surface area contributed by atoms with Crippen molar-refractivity contribution in [2.24, 2.45) is 5.41 Å². The molecule has 2 aliphatic heterocycles. The van der Waals surface area contributed by atoms with E-state index in [4.69, 9.17) is 9.47 Å². The minimum Gasteiger partial charge on any atom is -0.493 e. The van der Waals surface area contributed by atoms with Crippen LogP contribution in [0.25, 0.3) is 0 Å². The lowest BCUT2D eigenvalue weighted by Crippen LogP contribution is -2.44. The highest BCUT2D eigenvalue weighted by Gasteiger charge is 2.34. The van der Waals surface area contributed by atoms with Crippen LogP contribution in [0, 0.1) is 5.41 Å². The zero-order valence-electron chi connectivity index (χ0n) is 16.3. The molecule has 4 rings (SSSR count). The van der Waals surface area contributed by atoms with Gasteiger partial charge in [-0.15, -0.1) is 0 Å². The van der Waals surface area contributed by atoms with Gasteiger partial charge in [0.1, 0.15) is 5.75 Å². The third-order valence-corrected chi connectivity index (χ3v) is 7.04. The van der Waals surface area contributed by atoms with Crippen molar-refractivity contribution in [1.29, 1.82) is 0 Å². The summed E-state index contributed by atoms with van der Waals surface area (Å²) in [5, 5.41) is 0.565. The largest absolute Gasteiger partial charge is 0.493 e. The topological polar surface area (TPSA) is 21.7 Å². The van der Waals surface area contributed by atoms with Gasteiger partial charge in [0.2, 0.25) is 0 Å². The number of rotatable bonds is 6. The molecule has 0 radical (unpaired) electrons. The quantitative estimate of drug-likeness (QED) is 0.616. The van der Waals surface area contributed by atoms with E-state index in [1.807, 2.05) is 11.9 Å². The zero-order valence-corrected chi connectivity index (χ0v) is 17.1. The van der Waals surface area contributed by atoms with Crippen LogP contribution in [0.15, 0.2) is 54.6 Å². The molecule has 0 aliphatic carbocycles.